The second-order valence-corrected chi connectivity index (χ2v) is 6.53. The summed E-state index contributed by atoms with van der Waals surface area (Å²) in [5.41, 5.74) is 8.17. The van der Waals surface area contributed by atoms with E-state index in [4.69, 9.17) is 28.9 Å². The molecule has 1 unspecified atom stereocenters. The number of anilines is 1. The summed E-state index contributed by atoms with van der Waals surface area (Å²) in [4.78, 5) is 0.635. The van der Waals surface area contributed by atoms with E-state index in [1.54, 1.807) is 24.3 Å². The van der Waals surface area contributed by atoms with Gasteiger partial charge in [0.1, 0.15) is 0 Å². The van der Waals surface area contributed by atoms with Crippen molar-refractivity contribution in [1.29, 1.82) is 0 Å². The summed E-state index contributed by atoms with van der Waals surface area (Å²) >= 11 is 12.0. The van der Waals surface area contributed by atoms with Crippen LogP contribution in [0.4, 0.5) is 5.69 Å². The first-order valence-corrected chi connectivity index (χ1v) is 7.73. The molecule has 2 N–H and O–H groups in total. The minimum Gasteiger partial charge on any atom is -0.398 e. The molecule has 0 aliphatic heterocycles. The molecule has 2 nitrogen and oxygen atoms in total. The van der Waals surface area contributed by atoms with Crippen LogP contribution in [0.25, 0.3) is 0 Å². The molecule has 2 rings (SSSR count). The zero-order valence-electron chi connectivity index (χ0n) is 10.3. The van der Waals surface area contributed by atoms with Crippen LogP contribution in [-0.2, 0) is 16.6 Å². The number of hydrogen-bond acceptors (Lipinski definition) is 2. The van der Waals surface area contributed by atoms with Crippen LogP contribution in [0.1, 0.15) is 11.1 Å². The first-order chi connectivity index (χ1) is 8.97. The summed E-state index contributed by atoms with van der Waals surface area (Å²) in [6.45, 7) is 1.94. The predicted octanol–water partition coefficient (Wildman–Crippen LogP) is 4.19. The lowest BCUT2D eigenvalue weighted by atomic mass is 10.2. The van der Waals surface area contributed by atoms with Crippen molar-refractivity contribution >= 4 is 39.7 Å². The van der Waals surface area contributed by atoms with Crippen LogP contribution in [0.15, 0.2) is 41.3 Å². The van der Waals surface area contributed by atoms with Crippen molar-refractivity contribution in [1.82, 2.24) is 0 Å². The fourth-order valence-electron chi connectivity index (χ4n) is 1.71. The Kier molecular flexibility index (Phi) is 4.50. The molecule has 1 atom stereocenters. The number of nitrogen functional groups attached to an aromatic ring is 1. The molecule has 0 heterocycles. The van der Waals surface area contributed by atoms with Gasteiger partial charge in [0.2, 0.25) is 0 Å². The summed E-state index contributed by atoms with van der Waals surface area (Å²) in [6.07, 6.45) is 0. The van der Waals surface area contributed by atoms with E-state index >= 15 is 0 Å². The van der Waals surface area contributed by atoms with Crippen LogP contribution in [0.3, 0.4) is 0 Å². The van der Waals surface area contributed by atoms with E-state index in [2.05, 4.69) is 0 Å². The van der Waals surface area contributed by atoms with Crippen molar-refractivity contribution < 1.29 is 4.21 Å². The number of nitrogens with two attached hydrogens (primary N) is 1. The Morgan fingerprint density at radius 1 is 1.16 bits per heavy atom. The number of rotatable bonds is 3. The molecular formula is C14H13Cl2NOS. The molecular weight excluding hydrogens is 301 g/mol. The lowest BCUT2D eigenvalue weighted by molar-refractivity contribution is 0.683. The second-order valence-electron chi connectivity index (χ2n) is 4.27. The van der Waals surface area contributed by atoms with Crippen LogP contribution in [0.5, 0.6) is 0 Å². The monoisotopic (exact) mass is 313 g/mol. The molecule has 0 aliphatic rings. The van der Waals surface area contributed by atoms with Crippen molar-refractivity contribution in [2.24, 2.45) is 0 Å². The van der Waals surface area contributed by atoms with Crippen molar-refractivity contribution in [2.45, 2.75) is 17.6 Å². The molecule has 2 aromatic carbocycles. The molecule has 19 heavy (non-hydrogen) atoms. The van der Waals surface area contributed by atoms with E-state index in [1.165, 1.54) is 0 Å². The summed E-state index contributed by atoms with van der Waals surface area (Å²) in [5.74, 6) is 0.299. The molecule has 100 valence electrons. The van der Waals surface area contributed by atoms with Crippen LogP contribution >= 0.6 is 23.2 Å². The fourth-order valence-corrected chi connectivity index (χ4v) is 3.50. The van der Waals surface area contributed by atoms with Gasteiger partial charge in [0, 0.05) is 15.7 Å². The minimum absolute atomic E-state index is 0.299. The molecule has 0 fully saturated rings. The summed E-state index contributed by atoms with van der Waals surface area (Å²) in [5, 5.41) is 1.14. The highest BCUT2D eigenvalue weighted by molar-refractivity contribution is 7.84. The highest BCUT2D eigenvalue weighted by atomic mass is 35.5. The minimum atomic E-state index is -1.24. The van der Waals surface area contributed by atoms with Crippen LogP contribution < -0.4 is 5.73 Å². The Bertz CT molecular complexity index is 643. The second kappa shape index (κ2) is 5.95. The maximum Gasteiger partial charge on any atom is 0.0623 e. The van der Waals surface area contributed by atoms with E-state index < -0.39 is 10.8 Å². The quantitative estimate of drug-likeness (QED) is 0.863. The largest absolute Gasteiger partial charge is 0.398 e. The molecule has 2 aromatic rings. The number of hydrogen-bond donors (Lipinski definition) is 1. The number of halogens is 2. The molecule has 0 spiro atoms. The Balaban J connectivity index is 2.30. The highest BCUT2D eigenvalue weighted by Crippen LogP contribution is 2.26. The van der Waals surface area contributed by atoms with Crippen molar-refractivity contribution in [3.63, 3.8) is 0 Å². The molecule has 0 saturated heterocycles. The molecule has 0 aliphatic carbocycles. The third kappa shape index (κ3) is 3.50. The molecule has 0 aromatic heterocycles. The van der Waals surface area contributed by atoms with Gasteiger partial charge >= 0.3 is 0 Å². The summed E-state index contributed by atoms with van der Waals surface area (Å²) < 4.78 is 12.4. The average molecular weight is 314 g/mol. The van der Waals surface area contributed by atoms with Gasteiger partial charge in [0.05, 0.1) is 21.4 Å². The van der Waals surface area contributed by atoms with Crippen LogP contribution in [-0.4, -0.2) is 4.21 Å². The summed E-state index contributed by atoms with van der Waals surface area (Å²) in [7, 11) is -1.24. The van der Waals surface area contributed by atoms with Crippen LogP contribution in [0.2, 0.25) is 10.0 Å². The lowest BCUT2D eigenvalue weighted by Gasteiger charge is -2.08. The van der Waals surface area contributed by atoms with Gasteiger partial charge in [-0.25, -0.2) is 0 Å². The molecule has 5 heteroatoms. The average Bonchev–Trinajstić information content (AvgIpc) is 2.36. The van der Waals surface area contributed by atoms with Gasteiger partial charge in [-0.3, -0.25) is 4.21 Å². The van der Waals surface area contributed by atoms with Gasteiger partial charge in [0.15, 0.2) is 0 Å². The Morgan fingerprint density at radius 2 is 1.89 bits per heavy atom. The lowest BCUT2D eigenvalue weighted by Crippen LogP contribution is -2.02. The number of benzene rings is 2. The standard InChI is InChI=1S/C14H13Cl2NOS/c1-9-2-5-13(17)14(6-9)19(18)8-10-7-11(15)3-4-12(10)16/h2-7H,8,17H2,1H3. The smallest absolute Gasteiger partial charge is 0.0623 e. The van der Waals surface area contributed by atoms with Crippen molar-refractivity contribution in [3.05, 3.63) is 57.6 Å². The van der Waals surface area contributed by atoms with E-state index in [0.29, 0.717) is 26.4 Å². The zero-order chi connectivity index (χ0) is 14.0. The highest BCUT2D eigenvalue weighted by Gasteiger charge is 2.11. The van der Waals surface area contributed by atoms with E-state index in [1.807, 2.05) is 19.1 Å². The SMILES string of the molecule is Cc1ccc(N)c(S(=O)Cc2cc(Cl)ccc2Cl)c1. The van der Waals surface area contributed by atoms with Gasteiger partial charge in [-0.15, -0.1) is 0 Å². The maximum absolute atomic E-state index is 12.4. The van der Waals surface area contributed by atoms with Gasteiger partial charge in [-0.05, 0) is 48.4 Å². The van der Waals surface area contributed by atoms with Gasteiger partial charge in [-0.1, -0.05) is 29.3 Å². The molecule has 0 bridgehead atoms. The van der Waals surface area contributed by atoms with Crippen LogP contribution in [0, 0.1) is 6.92 Å². The van der Waals surface area contributed by atoms with Crippen molar-refractivity contribution in [3.8, 4) is 0 Å². The summed E-state index contributed by atoms with van der Waals surface area (Å²) in [6, 6.07) is 10.6. The third-order valence-electron chi connectivity index (χ3n) is 2.71. The molecule has 0 amide bonds. The van der Waals surface area contributed by atoms with E-state index in [0.717, 1.165) is 11.1 Å². The van der Waals surface area contributed by atoms with Gasteiger partial charge in [0.25, 0.3) is 0 Å². The first-order valence-electron chi connectivity index (χ1n) is 5.66. The first kappa shape index (κ1) is 14.4. The fraction of sp³-hybridized carbons (Fsp3) is 0.143. The Morgan fingerprint density at radius 3 is 2.63 bits per heavy atom. The normalized spacial score (nSPS) is 12.4. The maximum atomic E-state index is 12.4. The topological polar surface area (TPSA) is 43.1 Å². The Hall–Kier alpha value is -1.03. The van der Waals surface area contributed by atoms with E-state index in [-0.39, 0.29) is 0 Å². The predicted molar refractivity (Wildman–Crippen MR) is 82.2 cm³/mol. The molecule has 0 saturated carbocycles. The zero-order valence-corrected chi connectivity index (χ0v) is 12.6. The van der Waals surface area contributed by atoms with Gasteiger partial charge < -0.3 is 5.73 Å². The third-order valence-corrected chi connectivity index (χ3v) is 4.73. The molecule has 0 radical (unpaired) electrons. The van der Waals surface area contributed by atoms with Crippen molar-refractivity contribution in [2.75, 3.05) is 5.73 Å². The van der Waals surface area contributed by atoms with E-state index in [9.17, 15) is 4.21 Å². The van der Waals surface area contributed by atoms with Gasteiger partial charge in [-0.2, -0.15) is 0 Å². The number of aryl methyl sites for hydroxylation is 1. The Labute approximate surface area is 125 Å².